The van der Waals surface area contributed by atoms with Crippen LogP contribution in [0.15, 0.2) is 48.5 Å². The molecule has 0 saturated heterocycles. The molecule has 3 nitrogen and oxygen atoms in total. The number of ketones is 1. The van der Waals surface area contributed by atoms with Crippen molar-refractivity contribution in [1.29, 1.82) is 0 Å². The molecule has 2 rings (SSSR count). The summed E-state index contributed by atoms with van der Waals surface area (Å²) < 4.78 is 18.1. The number of rotatable bonds is 6. The van der Waals surface area contributed by atoms with Gasteiger partial charge in [-0.2, -0.15) is 0 Å². The van der Waals surface area contributed by atoms with E-state index in [2.05, 4.69) is 0 Å². The Morgan fingerprint density at radius 3 is 2.55 bits per heavy atom. The highest BCUT2D eigenvalue weighted by molar-refractivity contribution is 5.82. The van der Waals surface area contributed by atoms with Crippen molar-refractivity contribution in [2.75, 3.05) is 6.61 Å². The van der Waals surface area contributed by atoms with Gasteiger partial charge in [0.05, 0.1) is 6.61 Å². The van der Waals surface area contributed by atoms with Crippen molar-refractivity contribution < 1.29 is 19.0 Å². The summed E-state index contributed by atoms with van der Waals surface area (Å²) in [6.45, 7) is -0.118. The van der Waals surface area contributed by atoms with Crippen LogP contribution in [0.2, 0.25) is 0 Å². The average molecular weight is 274 g/mol. The van der Waals surface area contributed by atoms with Crippen LogP contribution in [0, 0.1) is 5.82 Å². The van der Waals surface area contributed by atoms with Crippen molar-refractivity contribution in [1.82, 2.24) is 0 Å². The van der Waals surface area contributed by atoms with E-state index in [0.717, 1.165) is 11.1 Å². The quantitative estimate of drug-likeness (QED) is 0.880. The standard InChI is InChI=1S/C16H15FO3/c17-14-6-4-12(5-7-14)8-15(19)11-20-16-3-1-2-13(9-16)10-18/h1-7,9,18H,8,10-11H2. The maximum Gasteiger partial charge on any atom is 0.174 e. The first-order valence-electron chi connectivity index (χ1n) is 6.26. The number of benzene rings is 2. The Bertz CT molecular complexity index is 579. The van der Waals surface area contributed by atoms with E-state index in [-0.39, 0.29) is 31.2 Å². The predicted octanol–water partition coefficient (Wildman–Crippen LogP) is 2.51. The fourth-order valence-electron chi connectivity index (χ4n) is 1.78. The zero-order valence-electron chi connectivity index (χ0n) is 10.9. The maximum atomic E-state index is 12.7. The number of halogens is 1. The number of aliphatic hydroxyl groups is 1. The van der Waals surface area contributed by atoms with Crippen molar-refractivity contribution in [3.05, 3.63) is 65.5 Å². The number of hydrogen-bond acceptors (Lipinski definition) is 3. The summed E-state index contributed by atoms with van der Waals surface area (Å²) in [7, 11) is 0. The lowest BCUT2D eigenvalue weighted by Gasteiger charge is -2.07. The molecule has 20 heavy (non-hydrogen) atoms. The minimum absolute atomic E-state index is 0.0493. The van der Waals surface area contributed by atoms with Gasteiger partial charge in [-0.3, -0.25) is 4.79 Å². The molecule has 0 aromatic heterocycles. The molecule has 0 fully saturated rings. The molecule has 2 aromatic rings. The lowest BCUT2D eigenvalue weighted by Crippen LogP contribution is -2.13. The number of aliphatic hydroxyl groups excluding tert-OH is 1. The smallest absolute Gasteiger partial charge is 0.174 e. The van der Waals surface area contributed by atoms with E-state index in [4.69, 9.17) is 9.84 Å². The first-order valence-corrected chi connectivity index (χ1v) is 6.26. The van der Waals surface area contributed by atoms with Crippen LogP contribution in [-0.4, -0.2) is 17.5 Å². The van der Waals surface area contributed by atoms with Crippen LogP contribution in [0.4, 0.5) is 4.39 Å². The number of carbonyl (C=O) groups excluding carboxylic acids is 1. The minimum Gasteiger partial charge on any atom is -0.486 e. The lowest BCUT2D eigenvalue weighted by atomic mass is 10.1. The van der Waals surface area contributed by atoms with E-state index in [1.54, 1.807) is 36.4 Å². The third-order valence-electron chi connectivity index (χ3n) is 2.80. The highest BCUT2D eigenvalue weighted by atomic mass is 19.1. The zero-order valence-corrected chi connectivity index (χ0v) is 10.9. The monoisotopic (exact) mass is 274 g/mol. The molecule has 0 heterocycles. The van der Waals surface area contributed by atoms with Gasteiger partial charge in [0.1, 0.15) is 18.2 Å². The summed E-state index contributed by atoms with van der Waals surface area (Å²) in [5.74, 6) is 0.133. The topological polar surface area (TPSA) is 46.5 Å². The molecule has 0 saturated carbocycles. The molecule has 0 amide bonds. The van der Waals surface area contributed by atoms with Crippen LogP contribution in [0.1, 0.15) is 11.1 Å². The summed E-state index contributed by atoms with van der Waals surface area (Å²) in [6, 6.07) is 12.8. The van der Waals surface area contributed by atoms with Gasteiger partial charge < -0.3 is 9.84 Å². The summed E-state index contributed by atoms with van der Waals surface area (Å²) >= 11 is 0. The van der Waals surface area contributed by atoms with Crippen molar-refractivity contribution >= 4 is 5.78 Å². The number of hydrogen-bond donors (Lipinski definition) is 1. The third-order valence-corrected chi connectivity index (χ3v) is 2.80. The van der Waals surface area contributed by atoms with Gasteiger partial charge in [0.15, 0.2) is 5.78 Å². The second-order valence-corrected chi connectivity index (χ2v) is 4.44. The highest BCUT2D eigenvalue weighted by Gasteiger charge is 2.05. The molecule has 2 aromatic carbocycles. The van der Waals surface area contributed by atoms with Gasteiger partial charge in [0.25, 0.3) is 0 Å². The van der Waals surface area contributed by atoms with Crippen LogP contribution in [0.3, 0.4) is 0 Å². The van der Waals surface area contributed by atoms with Gasteiger partial charge in [0, 0.05) is 6.42 Å². The first kappa shape index (κ1) is 14.2. The van der Waals surface area contributed by atoms with E-state index < -0.39 is 0 Å². The molecule has 0 bridgehead atoms. The lowest BCUT2D eigenvalue weighted by molar-refractivity contribution is -0.120. The molecule has 0 aliphatic rings. The molecule has 1 N–H and O–H groups in total. The highest BCUT2D eigenvalue weighted by Crippen LogP contribution is 2.13. The Labute approximate surface area is 116 Å². The molecule has 0 radical (unpaired) electrons. The fraction of sp³-hybridized carbons (Fsp3) is 0.188. The Morgan fingerprint density at radius 1 is 1.10 bits per heavy atom. The van der Waals surface area contributed by atoms with Gasteiger partial charge >= 0.3 is 0 Å². The van der Waals surface area contributed by atoms with E-state index in [9.17, 15) is 9.18 Å². The normalized spacial score (nSPS) is 10.3. The Hall–Kier alpha value is -2.20. The molecule has 0 aliphatic heterocycles. The van der Waals surface area contributed by atoms with E-state index in [1.807, 2.05) is 0 Å². The predicted molar refractivity (Wildman–Crippen MR) is 73.0 cm³/mol. The molecular weight excluding hydrogens is 259 g/mol. The molecule has 4 heteroatoms. The molecule has 104 valence electrons. The van der Waals surface area contributed by atoms with Crippen molar-refractivity contribution in [2.45, 2.75) is 13.0 Å². The van der Waals surface area contributed by atoms with Gasteiger partial charge in [-0.15, -0.1) is 0 Å². The Morgan fingerprint density at radius 2 is 1.85 bits per heavy atom. The van der Waals surface area contributed by atoms with Crippen LogP contribution in [-0.2, 0) is 17.8 Å². The summed E-state index contributed by atoms with van der Waals surface area (Å²) in [6.07, 6.45) is 0.208. The largest absolute Gasteiger partial charge is 0.486 e. The number of Topliss-reactive ketones (excluding diaryl/α,β-unsaturated/α-hetero) is 1. The van der Waals surface area contributed by atoms with Crippen LogP contribution in [0.5, 0.6) is 5.75 Å². The Kier molecular flexibility index (Phi) is 4.85. The van der Waals surface area contributed by atoms with Gasteiger partial charge in [-0.25, -0.2) is 4.39 Å². The van der Waals surface area contributed by atoms with Crippen LogP contribution >= 0.6 is 0 Å². The average Bonchev–Trinajstić information content (AvgIpc) is 2.48. The van der Waals surface area contributed by atoms with Gasteiger partial charge in [-0.05, 0) is 35.4 Å². The second-order valence-electron chi connectivity index (χ2n) is 4.44. The van der Waals surface area contributed by atoms with E-state index in [0.29, 0.717) is 5.75 Å². The van der Waals surface area contributed by atoms with Crippen molar-refractivity contribution in [3.8, 4) is 5.75 Å². The van der Waals surface area contributed by atoms with E-state index >= 15 is 0 Å². The van der Waals surface area contributed by atoms with Crippen molar-refractivity contribution in [3.63, 3.8) is 0 Å². The minimum atomic E-state index is -0.321. The van der Waals surface area contributed by atoms with E-state index in [1.165, 1.54) is 12.1 Å². The zero-order chi connectivity index (χ0) is 14.4. The van der Waals surface area contributed by atoms with Crippen molar-refractivity contribution in [2.24, 2.45) is 0 Å². The molecular formula is C16H15FO3. The summed E-state index contributed by atoms with van der Waals surface area (Å²) in [5, 5.41) is 9.00. The fourth-order valence-corrected chi connectivity index (χ4v) is 1.78. The number of ether oxygens (including phenoxy) is 1. The summed E-state index contributed by atoms with van der Waals surface area (Å²) in [5.41, 5.74) is 1.48. The Balaban J connectivity index is 1.87. The number of carbonyl (C=O) groups is 1. The SMILES string of the molecule is O=C(COc1cccc(CO)c1)Cc1ccc(F)cc1. The molecule has 0 spiro atoms. The molecule has 0 unspecified atom stereocenters. The second kappa shape index (κ2) is 6.82. The molecule has 0 atom stereocenters. The first-order chi connectivity index (χ1) is 9.67. The third kappa shape index (κ3) is 4.17. The molecule has 0 aliphatic carbocycles. The van der Waals surface area contributed by atoms with Gasteiger partial charge in [-0.1, -0.05) is 24.3 Å². The van der Waals surface area contributed by atoms with Crippen LogP contribution in [0.25, 0.3) is 0 Å². The van der Waals surface area contributed by atoms with Crippen LogP contribution < -0.4 is 4.74 Å². The van der Waals surface area contributed by atoms with Gasteiger partial charge in [0.2, 0.25) is 0 Å². The summed E-state index contributed by atoms with van der Waals surface area (Å²) in [4.78, 5) is 11.8. The maximum absolute atomic E-state index is 12.7.